The molecule has 4 atom stereocenters. The number of amides is 3. The molecule has 0 aliphatic rings. The van der Waals surface area contributed by atoms with Crippen LogP contribution in [0, 0.1) is 0 Å². The first-order valence-corrected chi connectivity index (χ1v) is 13.3. The number of carboxylic acid groups (broad SMARTS) is 2. The van der Waals surface area contributed by atoms with Gasteiger partial charge in [0.05, 0.1) is 12.4 Å². The van der Waals surface area contributed by atoms with Gasteiger partial charge in [0.1, 0.15) is 18.1 Å². The van der Waals surface area contributed by atoms with E-state index in [2.05, 4.69) is 25.9 Å². The van der Waals surface area contributed by atoms with Gasteiger partial charge in [-0.2, -0.15) is 11.8 Å². The van der Waals surface area contributed by atoms with Crippen molar-refractivity contribution in [2.45, 2.75) is 69.1 Å². The van der Waals surface area contributed by atoms with Gasteiger partial charge in [0.2, 0.25) is 17.7 Å². The largest absolute Gasteiger partial charge is 0.481 e. The first kappa shape index (κ1) is 31.9. The number of rotatable bonds is 19. The molecular formula is C22H37N7O7S. The number of carbonyl (C=O) groups excluding carboxylic acids is 3. The SMILES string of the molecule is CSCCC(NC(=O)C(N)CCCCN)C(=O)NC(Cc1cnc[nH]1)C(=O)NC(CCC(=O)O)C(=O)O. The van der Waals surface area contributed by atoms with Crippen molar-refractivity contribution in [2.24, 2.45) is 11.5 Å². The summed E-state index contributed by atoms with van der Waals surface area (Å²) in [5, 5.41) is 25.8. The third-order valence-corrected chi connectivity index (χ3v) is 6.07. The predicted octanol–water partition coefficient (Wildman–Crippen LogP) is -1.43. The Morgan fingerprint density at radius 3 is 2.19 bits per heavy atom. The van der Waals surface area contributed by atoms with Gasteiger partial charge in [-0.05, 0) is 44.2 Å². The lowest BCUT2D eigenvalue weighted by Crippen LogP contribution is -2.57. The highest BCUT2D eigenvalue weighted by Crippen LogP contribution is 2.07. The highest BCUT2D eigenvalue weighted by Gasteiger charge is 2.30. The van der Waals surface area contributed by atoms with Crippen LogP contribution in [0.1, 0.15) is 44.2 Å². The molecule has 0 bridgehead atoms. The first-order valence-electron chi connectivity index (χ1n) is 11.9. The Labute approximate surface area is 219 Å². The molecule has 0 aliphatic heterocycles. The van der Waals surface area contributed by atoms with Gasteiger partial charge in [-0.1, -0.05) is 6.42 Å². The lowest BCUT2D eigenvalue weighted by atomic mass is 10.1. The summed E-state index contributed by atoms with van der Waals surface area (Å²) >= 11 is 1.47. The van der Waals surface area contributed by atoms with E-state index in [9.17, 15) is 29.1 Å². The molecule has 4 unspecified atom stereocenters. The molecular weight excluding hydrogens is 506 g/mol. The van der Waals surface area contributed by atoms with Crippen molar-refractivity contribution in [3.8, 4) is 0 Å². The zero-order valence-corrected chi connectivity index (χ0v) is 21.6. The molecule has 1 heterocycles. The maximum absolute atomic E-state index is 13.2. The monoisotopic (exact) mass is 543 g/mol. The number of thioether (sulfide) groups is 1. The Hall–Kier alpha value is -3.17. The number of carboxylic acids is 2. The Bertz CT molecular complexity index is 885. The normalized spacial score (nSPS) is 14.1. The van der Waals surface area contributed by atoms with Crippen molar-refractivity contribution >= 4 is 41.4 Å². The van der Waals surface area contributed by atoms with Gasteiger partial charge in [-0.15, -0.1) is 0 Å². The summed E-state index contributed by atoms with van der Waals surface area (Å²) in [6.07, 6.45) is 5.85. The number of aromatic amines is 1. The van der Waals surface area contributed by atoms with Crippen LogP contribution in [-0.2, 0) is 30.4 Å². The molecule has 14 nitrogen and oxygen atoms in total. The number of nitrogens with two attached hydrogens (primary N) is 2. The Kier molecular flexibility index (Phi) is 14.9. The number of nitrogens with one attached hydrogen (secondary N) is 4. The van der Waals surface area contributed by atoms with E-state index in [0.717, 1.165) is 0 Å². The van der Waals surface area contributed by atoms with E-state index in [4.69, 9.17) is 16.6 Å². The highest BCUT2D eigenvalue weighted by molar-refractivity contribution is 7.98. The molecule has 0 saturated heterocycles. The van der Waals surface area contributed by atoms with Crippen LogP contribution in [0.4, 0.5) is 0 Å². The summed E-state index contributed by atoms with van der Waals surface area (Å²) < 4.78 is 0. The van der Waals surface area contributed by atoms with E-state index in [1.807, 2.05) is 6.26 Å². The molecule has 0 saturated carbocycles. The van der Waals surface area contributed by atoms with Crippen molar-refractivity contribution in [2.75, 3.05) is 18.6 Å². The minimum atomic E-state index is -1.47. The summed E-state index contributed by atoms with van der Waals surface area (Å²) in [5.74, 6) is -4.06. The van der Waals surface area contributed by atoms with Gasteiger partial charge in [0, 0.05) is 24.7 Å². The van der Waals surface area contributed by atoms with Crippen LogP contribution in [0.25, 0.3) is 0 Å². The molecule has 0 fully saturated rings. The number of H-pyrrole nitrogens is 1. The molecule has 15 heteroatoms. The second-order valence-electron chi connectivity index (χ2n) is 8.41. The van der Waals surface area contributed by atoms with Crippen LogP contribution in [0.15, 0.2) is 12.5 Å². The molecule has 0 radical (unpaired) electrons. The van der Waals surface area contributed by atoms with Crippen LogP contribution in [-0.4, -0.2) is 92.6 Å². The third-order valence-electron chi connectivity index (χ3n) is 5.42. The van der Waals surface area contributed by atoms with E-state index in [1.54, 1.807) is 0 Å². The predicted molar refractivity (Wildman–Crippen MR) is 136 cm³/mol. The number of aromatic nitrogens is 2. The Morgan fingerprint density at radius 1 is 0.973 bits per heavy atom. The molecule has 10 N–H and O–H groups in total. The second kappa shape index (κ2) is 17.3. The van der Waals surface area contributed by atoms with E-state index >= 15 is 0 Å². The molecule has 3 amide bonds. The topological polar surface area (TPSA) is 243 Å². The van der Waals surface area contributed by atoms with Gasteiger partial charge >= 0.3 is 11.9 Å². The lowest BCUT2D eigenvalue weighted by molar-refractivity contribution is -0.143. The van der Waals surface area contributed by atoms with Crippen LogP contribution in [0.3, 0.4) is 0 Å². The summed E-state index contributed by atoms with van der Waals surface area (Å²) in [5.41, 5.74) is 11.9. The molecule has 208 valence electrons. The van der Waals surface area contributed by atoms with Crippen molar-refractivity contribution in [1.82, 2.24) is 25.9 Å². The van der Waals surface area contributed by atoms with Crippen LogP contribution in [0.5, 0.6) is 0 Å². The number of imidazole rings is 1. The maximum atomic E-state index is 13.2. The van der Waals surface area contributed by atoms with E-state index in [0.29, 0.717) is 37.3 Å². The minimum Gasteiger partial charge on any atom is -0.481 e. The number of hydrogen-bond donors (Lipinski definition) is 8. The van der Waals surface area contributed by atoms with E-state index < -0.39 is 60.2 Å². The fourth-order valence-electron chi connectivity index (χ4n) is 3.32. The van der Waals surface area contributed by atoms with Gasteiger partial charge in [-0.3, -0.25) is 19.2 Å². The van der Waals surface area contributed by atoms with E-state index in [1.165, 1.54) is 24.3 Å². The molecule has 37 heavy (non-hydrogen) atoms. The number of unbranched alkanes of at least 4 members (excludes halogenated alkanes) is 1. The molecule has 1 aromatic heterocycles. The molecule has 1 aromatic rings. The average molecular weight is 544 g/mol. The van der Waals surface area contributed by atoms with Crippen LogP contribution < -0.4 is 27.4 Å². The molecule has 1 rings (SSSR count). The van der Waals surface area contributed by atoms with Crippen molar-refractivity contribution in [3.63, 3.8) is 0 Å². The third kappa shape index (κ3) is 12.6. The maximum Gasteiger partial charge on any atom is 0.326 e. The summed E-state index contributed by atoms with van der Waals surface area (Å²) in [6.45, 7) is 0.478. The number of nitrogens with zero attached hydrogens (tertiary/aromatic N) is 1. The minimum absolute atomic E-state index is 0.0510. The van der Waals surface area contributed by atoms with E-state index in [-0.39, 0.29) is 19.3 Å². The summed E-state index contributed by atoms with van der Waals surface area (Å²) in [7, 11) is 0. The summed E-state index contributed by atoms with van der Waals surface area (Å²) in [6, 6.07) is -4.51. The van der Waals surface area contributed by atoms with Crippen LogP contribution >= 0.6 is 11.8 Å². The second-order valence-corrected chi connectivity index (χ2v) is 9.39. The zero-order chi connectivity index (χ0) is 27.8. The molecule has 0 aliphatic carbocycles. The standard InChI is InChI=1S/C22H37N7O7S/c1-37-9-7-15(27-19(32)14(24)4-2-3-8-23)20(33)29-17(10-13-11-25-12-26-13)21(34)28-16(22(35)36)5-6-18(30)31/h11-12,14-17H,2-10,23-24H2,1H3,(H,25,26)(H,27,32)(H,28,34)(H,29,33)(H,30,31)(H,35,36). The fraction of sp³-hybridized carbons (Fsp3) is 0.636. The number of carbonyl (C=O) groups is 5. The number of aliphatic carboxylic acids is 2. The van der Waals surface area contributed by atoms with Crippen molar-refractivity contribution < 1.29 is 34.2 Å². The van der Waals surface area contributed by atoms with Gasteiger partial charge < -0.3 is 42.6 Å². The fourth-order valence-corrected chi connectivity index (χ4v) is 3.79. The quantitative estimate of drug-likeness (QED) is 0.0939. The highest BCUT2D eigenvalue weighted by atomic mass is 32.2. The first-order chi connectivity index (χ1) is 17.6. The summed E-state index contributed by atoms with van der Waals surface area (Å²) in [4.78, 5) is 67.8. The van der Waals surface area contributed by atoms with Gasteiger partial charge in [0.15, 0.2) is 0 Å². The zero-order valence-electron chi connectivity index (χ0n) is 20.8. The lowest BCUT2D eigenvalue weighted by Gasteiger charge is -2.25. The molecule has 0 aromatic carbocycles. The average Bonchev–Trinajstić information content (AvgIpc) is 3.36. The van der Waals surface area contributed by atoms with Crippen molar-refractivity contribution in [1.29, 1.82) is 0 Å². The van der Waals surface area contributed by atoms with Crippen LogP contribution in [0.2, 0.25) is 0 Å². The van der Waals surface area contributed by atoms with Gasteiger partial charge in [0.25, 0.3) is 0 Å². The van der Waals surface area contributed by atoms with Gasteiger partial charge in [-0.25, -0.2) is 9.78 Å². The number of hydrogen-bond acceptors (Lipinski definition) is 9. The molecule has 0 spiro atoms. The van der Waals surface area contributed by atoms with Crippen molar-refractivity contribution in [3.05, 3.63) is 18.2 Å². The smallest absolute Gasteiger partial charge is 0.326 e. The Balaban J connectivity index is 2.99. The Morgan fingerprint density at radius 2 is 1.62 bits per heavy atom.